The van der Waals surface area contributed by atoms with Crippen molar-refractivity contribution in [3.8, 4) is 0 Å². The van der Waals surface area contributed by atoms with E-state index in [0.29, 0.717) is 26.2 Å². The number of ether oxygens (including phenoxy) is 1. The summed E-state index contributed by atoms with van der Waals surface area (Å²) in [7, 11) is 2.12. The minimum atomic E-state index is -0.333. The van der Waals surface area contributed by atoms with E-state index < -0.39 is 0 Å². The number of halogens is 1. The number of carbonyl (C=O) groups excluding carboxylic acids is 1. The van der Waals surface area contributed by atoms with Crippen LogP contribution < -0.4 is 5.32 Å². The molecule has 1 aromatic heterocycles. The van der Waals surface area contributed by atoms with Gasteiger partial charge in [-0.1, -0.05) is 30.3 Å². The molecule has 3 heterocycles. The standard InChI is InChI=1S/C24H26FN3O2/c1-27-21-8-3-2-7-19(21)20-9-14-30-24(22(20)27)10-12-28(13-11-24)23(29)26-16-17-5-4-6-18(25)15-17/h2-8,15H,9-14,16H2,1H3,(H,26,29). The molecule has 30 heavy (non-hydrogen) atoms. The molecule has 0 aliphatic carbocycles. The number of hydrogen-bond donors (Lipinski definition) is 1. The zero-order valence-electron chi connectivity index (χ0n) is 17.2. The first-order valence-corrected chi connectivity index (χ1v) is 10.6. The summed E-state index contributed by atoms with van der Waals surface area (Å²) in [5.41, 5.74) is 4.33. The fraction of sp³-hybridized carbons (Fsp3) is 0.375. The van der Waals surface area contributed by atoms with Crippen LogP contribution in [0.2, 0.25) is 0 Å². The zero-order chi connectivity index (χ0) is 20.7. The van der Waals surface area contributed by atoms with Crippen LogP contribution in [0.1, 0.15) is 29.7 Å². The number of carbonyl (C=O) groups is 1. The molecule has 156 valence electrons. The van der Waals surface area contributed by atoms with E-state index >= 15 is 0 Å². The molecule has 2 aliphatic heterocycles. The minimum Gasteiger partial charge on any atom is -0.368 e. The molecular formula is C24H26FN3O2. The number of nitrogens with one attached hydrogen (secondary N) is 1. The van der Waals surface area contributed by atoms with Crippen molar-refractivity contribution in [2.24, 2.45) is 7.05 Å². The number of piperidine rings is 1. The number of likely N-dealkylation sites (tertiary alicyclic amines) is 1. The van der Waals surface area contributed by atoms with E-state index in [1.165, 1.54) is 34.3 Å². The van der Waals surface area contributed by atoms with Gasteiger partial charge >= 0.3 is 6.03 Å². The fourth-order valence-electron chi connectivity index (χ4n) is 5.11. The second-order valence-electron chi connectivity index (χ2n) is 8.27. The number of hydrogen-bond acceptors (Lipinski definition) is 2. The van der Waals surface area contributed by atoms with Gasteiger partial charge in [0, 0.05) is 37.6 Å². The third kappa shape index (κ3) is 3.16. The molecular weight excluding hydrogens is 381 g/mol. The molecule has 0 saturated carbocycles. The molecule has 0 bridgehead atoms. The summed E-state index contributed by atoms with van der Waals surface area (Å²) >= 11 is 0. The summed E-state index contributed by atoms with van der Waals surface area (Å²) in [6.07, 6.45) is 2.48. The van der Waals surface area contributed by atoms with Crippen molar-refractivity contribution in [1.82, 2.24) is 14.8 Å². The first-order valence-electron chi connectivity index (χ1n) is 10.6. The average Bonchev–Trinajstić information content (AvgIpc) is 3.07. The van der Waals surface area contributed by atoms with Crippen molar-refractivity contribution >= 4 is 16.9 Å². The maximum Gasteiger partial charge on any atom is 0.317 e. The van der Waals surface area contributed by atoms with Crippen molar-refractivity contribution in [1.29, 1.82) is 0 Å². The highest BCUT2D eigenvalue weighted by atomic mass is 19.1. The van der Waals surface area contributed by atoms with Gasteiger partial charge in [-0.25, -0.2) is 9.18 Å². The summed E-state index contributed by atoms with van der Waals surface area (Å²) in [5, 5.41) is 4.23. The Kier molecular flexibility index (Phi) is 4.74. The van der Waals surface area contributed by atoms with E-state index in [2.05, 4.69) is 41.2 Å². The van der Waals surface area contributed by atoms with Crippen LogP contribution in [0.15, 0.2) is 48.5 Å². The monoisotopic (exact) mass is 407 g/mol. The van der Waals surface area contributed by atoms with Gasteiger partial charge < -0.3 is 19.5 Å². The van der Waals surface area contributed by atoms with Crippen LogP contribution in [0.4, 0.5) is 9.18 Å². The van der Waals surface area contributed by atoms with Gasteiger partial charge in [0.15, 0.2) is 0 Å². The molecule has 1 saturated heterocycles. The number of para-hydroxylation sites is 1. The second kappa shape index (κ2) is 7.43. The third-order valence-corrected chi connectivity index (χ3v) is 6.56. The van der Waals surface area contributed by atoms with Gasteiger partial charge in [-0.3, -0.25) is 0 Å². The Morgan fingerprint density at radius 3 is 2.77 bits per heavy atom. The lowest BCUT2D eigenvalue weighted by molar-refractivity contribution is -0.0968. The number of rotatable bonds is 2. The first-order chi connectivity index (χ1) is 14.6. The van der Waals surface area contributed by atoms with Gasteiger partial charge in [0.25, 0.3) is 0 Å². The van der Waals surface area contributed by atoms with Crippen molar-refractivity contribution < 1.29 is 13.9 Å². The predicted molar refractivity (Wildman–Crippen MR) is 114 cm³/mol. The van der Waals surface area contributed by atoms with Crippen molar-refractivity contribution in [3.63, 3.8) is 0 Å². The number of urea groups is 1. The van der Waals surface area contributed by atoms with Crippen LogP contribution in [0.5, 0.6) is 0 Å². The Labute approximate surface area is 175 Å². The summed E-state index contributed by atoms with van der Waals surface area (Å²) in [4.78, 5) is 14.5. The predicted octanol–water partition coefficient (Wildman–Crippen LogP) is 4.09. The highest BCUT2D eigenvalue weighted by Crippen LogP contribution is 2.44. The molecule has 1 fully saturated rings. The highest BCUT2D eigenvalue weighted by Gasteiger charge is 2.44. The van der Waals surface area contributed by atoms with Crippen LogP contribution in [0, 0.1) is 5.82 Å². The number of amides is 2. The number of aryl methyl sites for hydroxylation is 1. The van der Waals surface area contributed by atoms with E-state index in [1.54, 1.807) is 6.07 Å². The topological polar surface area (TPSA) is 46.5 Å². The fourth-order valence-corrected chi connectivity index (χ4v) is 5.11. The molecule has 5 rings (SSSR count). The number of benzene rings is 2. The number of aromatic nitrogens is 1. The first kappa shape index (κ1) is 19.1. The van der Waals surface area contributed by atoms with Gasteiger partial charge in [-0.05, 0) is 48.6 Å². The van der Waals surface area contributed by atoms with Crippen molar-refractivity contribution in [3.05, 3.63) is 71.2 Å². The lowest BCUT2D eigenvalue weighted by atomic mass is 9.83. The summed E-state index contributed by atoms with van der Waals surface area (Å²) < 4.78 is 22.0. The lowest BCUT2D eigenvalue weighted by Crippen LogP contribution is -2.51. The van der Waals surface area contributed by atoms with Crippen LogP contribution in [0.3, 0.4) is 0 Å². The molecule has 3 aromatic rings. The van der Waals surface area contributed by atoms with E-state index in [4.69, 9.17) is 4.74 Å². The Hall–Kier alpha value is -2.86. The summed E-state index contributed by atoms with van der Waals surface area (Å²) in [6.45, 7) is 2.31. The van der Waals surface area contributed by atoms with E-state index in [9.17, 15) is 9.18 Å². The quantitative estimate of drug-likeness (QED) is 0.696. The average molecular weight is 407 g/mol. The van der Waals surface area contributed by atoms with E-state index in [0.717, 1.165) is 24.8 Å². The molecule has 1 N–H and O–H groups in total. The molecule has 0 radical (unpaired) electrons. The van der Waals surface area contributed by atoms with Crippen molar-refractivity contribution in [2.45, 2.75) is 31.4 Å². The second-order valence-corrected chi connectivity index (χ2v) is 8.27. The van der Waals surface area contributed by atoms with Gasteiger partial charge in [0.1, 0.15) is 11.4 Å². The van der Waals surface area contributed by atoms with Gasteiger partial charge in [0.05, 0.1) is 12.3 Å². The number of nitrogens with zero attached hydrogens (tertiary/aromatic N) is 2. The van der Waals surface area contributed by atoms with Crippen molar-refractivity contribution in [2.75, 3.05) is 19.7 Å². The van der Waals surface area contributed by atoms with Crippen LogP contribution in [-0.2, 0) is 30.4 Å². The summed E-state index contributed by atoms with van der Waals surface area (Å²) in [6, 6.07) is 14.7. The SMILES string of the molecule is Cn1c2c(c3ccccc31)CCOC21CCN(C(=O)NCc2cccc(F)c2)CC1. The van der Waals surface area contributed by atoms with Crippen LogP contribution in [0.25, 0.3) is 10.9 Å². The normalized spacial score (nSPS) is 17.9. The molecule has 0 atom stereocenters. The molecule has 1 spiro atoms. The smallest absolute Gasteiger partial charge is 0.317 e. The Morgan fingerprint density at radius 2 is 1.97 bits per heavy atom. The zero-order valence-corrected chi connectivity index (χ0v) is 17.2. The maximum absolute atomic E-state index is 13.3. The minimum absolute atomic E-state index is 0.109. The molecule has 5 nitrogen and oxygen atoms in total. The lowest BCUT2D eigenvalue weighted by Gasteiger charge is -2.44. The molecule has 2 aromatic carbocycles. The van der Waals surface area contributed by atoms with Gasteiger partial charge in [-0.15, -0.1) is 0 Å². The highest BCUT2D eigenvalue weighted by molar-refractivity contribution is 5.86. The third-order valence-electron chi connectivity index (χ3n) is 6.56. The molecule has 2 aliphatic rings. The molecule has 6 heteroatoms. The van der Waals surface area contributed by atoms with E-state index in [-0.39, 0.29) is 17.4 Å². The Balaban J connectivity index is 1.31. The van der Waals surface area contributed by atoms with Crippen LogP contribution >= 0.6 is 0 Å². The van der Waals surface area contributed by atoms with E-state index in [1.807, 2.05) is 11.0 Å². The Bertz CT molecular complexity index is 1100. The maximum atomic E-state index is 13.3. The number of fused-ring (bicyclic) bond motifs is 4. The van der Waals surface area contributed by atoms with Gasteiger partial charge in [0.2, 0.25) is 0 Å². The molecule has 0 unspecified atom stereocenters. The Morgan fingerprint density at radius 1 is 1.17 bits per heavy atom. The van der Waals surface area contributed by atoms with Gasteiger partial charge in [-0.2, -0.15) is 0 Å². The largest absolute Gasteiger partial charge is 0.368 e. The summed E-state index contributed by atoms with van der Waals surface area (Å²) in [5.74, 6) is -0.290. The van der Waals surface area contributed by atoms with Crippen LogP contribution in [-0.4, -0.2) is 35.2 Å². The molecule has 2 amide bonds.